The van der Waals surface area contributed by atoms with E-state index in [0.717, 1.165) is 38.1 Å². The molecule has 1 aromatic rings. The van der Waals surface area contributed by atoms with Crippen molar-refractivity contribution in [2.75, 3.05) is 25.4 Å². The van der Waals surface area contributed by atoms with Crippen molar-refractivity contribution in [3.63, 3.8) is 0 Å². The zero-order chi connectivity index (χ0) is 15.4. The van der Waals surface area contributed by atoms with Crippen LogP contribution >= 0.6 is 11.8 Å². The maximum atomic E-state index is 12.7. The van der Waals surface area contributed by atoms with Crippen molar-refractivity contribution in [3.05, 3.63) is 30.3 Å². The van der Waals surface area contributed by atoms with Gasteiger partial charge in [-0.1, -0.05) is 24.6 Å². The van der Waals surface area contributed by atoms with E-state index in [9.17, 15) is 4.79 Å². The van der Waals surface area contributed by atoms with E-state index < -0.39 is 0 Å². The second-order valence-electron chi connectivity index (χ2n) is 6.60. The van der Waals surface area contributed by atoms with Crippen LogP contribution < -0.4 is 5.73 Å². The van der Waals surface area contributed by atoms with Crippen molar-refractivity contribution in [1.82, 2.24) is 4.90 Å². The molecule has 3 rings (SSSR count). The van der Waals surface area contributed by atoms with Gasteiger partial charge in [0.2, 0.25) is 5.91 Å². The summed E-state index contributed by atoms with van der Waals surface area (Å²) in [6.07, 6.45) is 4.49. The molecular formula is C18H26N2OS. The third-order valence-electron chi connectivity index (χ3n) is 5.11. The number of likely N-dealkylation sites (tertiary alicyclic amines) is 1. The highest BCUT2D eigenvalue weighted by Crippen LogP contribution is 2.34. The van der Waals surface area contributed by atoms with Gasteiger partial charge in [-0.2, -0.15) is 0 Å². The first-order chi connectivity index (χ1) is 10.8. The summed E-state index contributed by atoms with van der Waals surface area (Å²) < 4.78 is 0. The van der Waals surface area contributed by atoms with Crippen molar-refractivity contribution in [2.45, 2.75) is 30.6 Å². The van der Waals surface area contributed by atoms with Crippen molar-refractivity contribution in [1.29, 1.82) is 0 Å². The van der Waals surface area contributed by atoms with Crippen molar-refractivity contribution in [2.24, 2.45) is 23.5 Å². The van der Waals surface area contributed by atoms with Crippen molar-refractivity contribution >= 4 is 17.7 Å². The Hall–Kier alpha value is -1.00. The third-order valence-corrected chi connectivity index (χ3v) is 6.35. The highest BCUT2D eigenvalue weighted by molar-refractivity contribution is 7.99. The van der Waals surface area contributed by atoms with Crippen LogP contribution in [0.3, 0.4) is 0 Å². The summed E-state index contributed by atoms with van der Waals surface area (Å²) in [7, 11) is 0. The summed E-state index contributed by atoms with van der Waals surface area (Å²) in [5.41, 5.74) is 5.83. The van der Waals surface area contributed by atoms with E-state index >= 15 is 0 Å². The standard InChI is InChI=1S/C18H26N2OS/c19-11-15-5-4-8-17(15)18(21)20-10-9-14(12-20)13-22-16-6-2-1-3-7-16/h1-3,6-7,14-15,17H,4-5,8-13,19H2/t14?,15-,17-/m1/s1. The molecule has 1 amide bonds. The normalized spacial score (nSPS) is 28.2. The number of rotatable bonds is 5. The van der Waals surface area contributed by atoms with Gasteiger partial charge in [-0.25, -0.2) is 0 Å². The summed E-state index contributed by atoms with van der Waals surface area (Å²) in [5.74, 6) is 2.74. The van der Waals surface area contributed by atoms with Gasteiger partial charge < -0.3 is 10.6 Å². The van der Waals surface area contributed by atoms with Crippen LogP contribution in [0.1, 0.15) is 25.7 Å². The Morgan fingerprint density at radius 2 is 2.05 bits per heavy atom. The van der Waals surface area contributed by atoms with E-state index in [4.69, 9.17) is 5.73 Å². The maximum Gasteiger partial charge on any atom is 0.226 e. The zero-order valence-electron chi connectivity index (χ0n) is 13.1. The summed E-state index contributed by atoms with van der Waals surface area (Å²) in [4.78, 5) is 16.1. The molecule has 1 unspecified atom stereocenters. The summed E-state index contributed by atoms with van der Waals surface area (Å²) in [6, 6.07) is 10.5. The minimum atomic E-state index is 0.200. The van der Waals surface area contributed by atoms with Gasteiger partial charge >= 0.3 is 0 Å². The number of benzene rings is 1. The highest BCUT2D eigenvalue weighted by atomic mass is 32.2. The van der Waals surface area contributed by atoms with E-state index in [1.807, 2.05) is 11.8 Å². The molecule has 1 aliphatic carbocycles. The number of thioether (sulfide) groups is 1. The van der Waals surface area contributed by atoms with Crippen LogP contribution in [0.5, 0.6) is 0 Å². The lowest BCUT2D eigenvalue weighted by Gasteiger charge is -2.24. The fraction of sp³-hybridized carbons (Fsp3) is 0.611. The fourth-order valence-corrected chi connectivity index (χ4v) is 4.83. The first kappa shape index (κ1) is 15.9. The van der Waals surface area contributed by atoms with Crippen LogP contribution in [0.15, 0.2) is 35.2 Å². The largest absolute Gasteiger partial charge is 0.342 e. The fourth-order valence-electron chi connectivity index (χ4n) is 3.78. The molecule has 120 valence electrons. The Balaban J connectivity index is 1.48. The predicted molar refractivity (Wildman–Crippen MR) is 91.7 cm³/mol. The second-order valence-corrected chi connectivity index (χ2v) is 7.69. The Morgan fingerprint density at radius 1 is 1.23 bits per heavy atom. The number of hydrogen-bond donors (Lipinski definition) is 1. The molecule has 1 saturated heterocycles. The molecule has 2 fully saturated rings. The summed E-state index contributed by atoms with van der Waals surface area (Å²) >= 11 is 1.91. The molecule has 0 bridgehead atoms. The lowest BCUT2D eigenvalue weighted by molar-refractivity contribution is -0.135. The Labute approximate surface area is 137 Å². The number of amides is 1. The van der Waals surface area contributed by atoms with Crippen molar-refractivity contribution in [3.8, 4) is 0 Å². The highest BCUT2D eigenvalue weighted by Gasteiger charge is 2.37. The van der Waals surface area contributed by atoms with Gasteiger partial charge in [0.15, 0.2) is 0 Å². The number of nitrogens with zero attached hydrogens (tertiary/aromatic N) is 1. The molecule has 0 aromatic heterocycles. The number of carbonyl (C=O) groups excluding carboxylic acids is 1. The maximum absolute atomic E-state index is 12.7. The molecular weight excluding hydrogens is 292 g/mol. The van der Waals surface area contributed by atoms with Gasteiger partial charge in [-0.15, -0.1) is 11.8 Å². The molecule has 3 atom stereocenters. The number of carbonyl (C=O) groups is 1. The first-order valence-electron chi connectivity index (χ1n) is 8.44. The van der Waals surface area contributed by atoms with E-state index in [1.54, 1.807) is 0 Å². The smallest absolute Gasteiger partial charge is 0.226 e. The molecule has 1 aromatic carbocycles. The van der Waals surface area contributed by atoms with Gasteiger partial charge in [0, 0.05) is 29.7 Å². The van der Waals surface area contributed by atoms with Crippen LogP contribution in [0.2, 0.25) is 0 Å². The van der Waals surface area contributed by atoms with Gasteiger partial charge in [-0.05, 0) is 49.8 Å². The quantitative estimate of drug-likeness (QED) is 0.849. The van der Waals surface area contributed by atoms with Crippen LogP contribution in [-0.2, 0) is 4.79 Å². The van der Waals surface area contributed by atoms with Crippen LogP contribution in [-0.4, -0.2) is 36.2 Å². The Bertz CT molecular complexity index is 493. The first-order valence-corrected chi connectivity index (χ1v) is 9.43. The monoisotopic (exact) mass is 318 g/mol. The minimum Gasteiger partial charge on any atom is -0.342 e. The average Bonchev–Trinajstić information content (AvgIpc) is 3.22. The molecule has 2 N–H and O–H groups in total. The van der Waals surface area contributed by atoms with Gasteiger partial charge in [-0.3, -0.25) is 4.79 Å². The van der Waals surface area contributed by atoms with Crippen LogP contribution in [0.4, 0.5) is 0 Å². The van der Waals surface area contributed by atoms with E-state index in [-0.39, 0.29) is 5.92 Å². The minimum absolute atomic E-state index is 0.200. The predicted octanol–water partition coefficient (Wildman–Crippen LogP) is 3.00. The molecule has 1 aliphatic heterocycles. The topological polar surface area (TPSA) is 46.3 Å². The molecule has 1 saturated carbocycles. The van der Waals surface area contributed by atoms with E-state index in [0.29, 0.717) is 24.3 Å². The molecule has 3 nitrogen and oxygen atoms in total. The van der Waals surface area contributed by atoms with Gasteiger partial charge in [0.1, 0.15) is 0 Å². The average molecular weight is 318 g/mol. The second kappa shape index (κ2) is 7.51. The molecule has 0 spiro atoms. The van der Waals surface area contributed by atoms with Gasteiger partial charge in [0.25, 0.3) is 0 Å². The number of hydrogen-bond acceptors (Lipinski definition) is 3. The molecule has 2 aliphatic rings. The Kier molecular flexibility index (Phi) is 5.42. The SMILES string of the molecule is NC[C@H]1CCC[C@H]1C(=O)N1CCC(CSc2ccccc2)C1. The lowest BCUT2D eigenvalue weighted by atomic mass is 9.95. The third kappa shape index (κ3) is 3.66. The lowest BCUT2D eigenvalue weighted by Crippen LogP contribution is -2.37. The van der Waals surface area contributed by atoms with Gasteiger partial charge in [0.05, 0.1) is 0 Å². The number of nitrogens with two attached hydrogens (primary N) is 1. The molecule has 1 heterocycles. The Morgan fingerprint density at radius 3 is 2.82 bits per heavy atom. The molecule has 4 heteroatoms. The summed E-state index contributed by atoms with van der Waals surface area (Å²) in [5, 5.41) is 0. The van der Waals surface area contributed by atoms with Crippen molar-refractivity contribution < 1.29 is 4.79 Å². The molecule has 22 heavy (non-hydrogen) atoms. The van der Waals surface area contributed by atoms with Crippen LogP contribution in [0, 0.1) is 17.8 Å². The summed E-state index contributed by atoms with van der Waals surface area (Å²) in [6.45, 7) is 2.54. The molecule has 0 radical (unpaired) electrons. The zero-order valence-corrected chi connectivity index (χ0v) is 13.9. The van der Waals surface area contributed by atoms with E-state index in [2.05, 4.69) is 35.2 Å². The van der Waals surface area contributed by atoms with E-state index in [1.165, 1.54) is 11.3 Å². The van der Waals surface area contributed by atoms with Crippen LogP contribution in [0.25, 0.3) is 0 Å².